The van der Waals surface area contributed by atoms with Gasteiger partial charge >= 0.3 is 0 Å². The summed E-state index contributed by atoms with van der Waals surface area (Å²) in [6.45, 7) is 5.84. The average molecular weight is 289 g/mol. The molecule has 1 rings (SSSR count). The fourth-order valence-corrected chi connectivity index (χ4v) is 1.72. The molecule has 0 aliphatic rings. The van der Waals surface area contributed by atoms with Gasteiger partial charge in [0.25, 0.3) is 5.56 Å². The number of nitrogens with zero attached hydrogens (tertiary/aromatic N) is 2. The number of nitrogens with one attached hydrogen (secondary N) is 1. The second-order valence-corrected chi connectivity index (χ2v) is 4.76. The second kappa shape index (κ2) is 6.00. The molecule has 0 aliphatic heterocycles. The van der Waals surface area contributed by atoms with Gasteiger partial charge in [0.2, 0.25) is 0 Å². The Morgan fingerprint density at radius 2 is 2.31 bits per heavy atom. The van der Waals surface area contributed by atoms with Gasteiger partial charge in [0.05, 0.1) is 11.9 Å². The Kier molecular flexibility index (Phi) is 4.95. The van der Waals surface area contributed by atoms with Crippen LogP contribution in [0, 0.1) is 5.92 Å². The molecule has 0 atom stereocenters. The minimum Gasteiger partial charge on any atom is -0.381 e. The minimum absolute atomic E-state index is 0.115. The lowest BCUT2D eigenvalue weighted by Crippen LogP contribution is -2.27. The van der Waals surface area contributed by atoms with E-state index < -0.39 is 0 Å². The van der Waals surface area contributed by atoms with Gasteiger partial charge in [-0.25, -0.2) is 4.68 Å². The molecule has 1 aromatic rings. The van der Waals surface area contributed by atoms with Crippen LogP contribution in [-0.4, -0.2) is 22.9 Å². The zero-order valence-electron chi connectivity index (χ0n) is 9.53. The van der Waals surface area contributed by atoms with E-state index in [1.807, 2.05) is 13.8 Å². The van der Waals surface area contributed by atoms with E-state index >= 15 is 0 Å². The summed E-state index contributed by atoms with van der Waals surface area (Å²) in [6, 6.07) is 0. The highest BCUT2D eigenvalue weighted by molar-refractivity contribution is 9.10. The van der Waals surface area contributed by atoms with Crippen molar-refractivity contribution in [1.29, 1.82) is 0 Å². The van der Waals surface area contributed by atoms with Gasteiger partial charge in [-0.1, -0.05) is 13.8 Å². The van der Waals surface area contributed by atoms with Crippen LogP contribution in [-0.2, 0) is 6.54 Å². The van der Waals surface area contributed by atoms with Crippen LogP contribution in [0.1, 0.15) is 13.8 Å². The van der Waals surface area contributed by atoms with E-state index in [0.717, 1.165) is 0 Å². The monoisotopic (exact) mass is 288 g/mol. The summed E-state index contributed by atoms with van der Waals surface area (Å²) in [4.78, 5) is 11.9. The Hall–Kier alpha value is -0.880. The molecule has 0 saturated heterocycles. The molecular formula is C10H17BrN4O. The van der Waals surface area contributed by atoms with E-state index in [1.54, 1.807) is 6.20 Å². The molecule has 0 aliphatic carbocycles. The number of anilines is 1. The van der Waals surface area contributed by atoms with Crippen LogP contribution in [0.25, 0.3) is 0 Å². The first-order chi connectivity index (χ1) is 7.56. The summed E-state index contributed by atoms with van der Waals surface area (Å²) in [5.41, 5.74) is 5.95. The maximum absolute atomic E-state index is 11.9. The molecule has 6 heteroatoms. The zero-order chi connectivity index (χ0) is 12.1. The molecule has 0 amide bonds. The summed E-state index contributed by atoms with van der Waals surface area (Å²) in [5, 5.41) is 7.14. The normalized spacial score (nSPS) is 10.8. The quantitative estimate of drug-likeness (QED) is 0.849. The number of rotatable bonds is 5. The van der Waals surface area contributed by atoms with Gasteiger partial charge in [0, 0.05) is 19.6 Å². The standard InChI is InChI=1S/C10H17BrN4O/c1-7(2)6-15-10(16)9(11)8(5-14-15)13-4-3-12/h5,7,13H,3-4,6,12H2,1-2H3. The van der Waals surface area contributed by atoms with E-state index in [9.17, 15) is 4.79 Å². The van der Waals surface area contributed by atoms with Gasteiger partial charge in [0.1, 0.15) is 4.47 Å². The number of aromatic nitrogens is 2. The Morgan fingerprint density at radius 1 is 1.62 bits per heavy atom. The SMILES string of the molecule is CC(C)Cn1ncc(NCCN)c(Br)c1=O. The number of hydrogen-bond donors (Lipinski definition) is 2. The van der Waals surface area contributed by atoms with E-state index in [0.29, 0.717) is 35.7 Å². The molecule has 0 unspecified atom stereocenters. The van der Waals surface area contributed by atoms with E-state index in [2.05, 4.69) is 26.3 Å². The maximum Gasteiger partial charge on any atom is 0.283 e. The first kappa shape index (κ1) is 13.2. The van der Waals surface area contributed by atoms with E-state index in [1.165, 1.54) is 4.68 Å². The highest BCUT2D eigenvalue weighted by Crippen LogP contribution is 2.15. The highest BCUT2D eigenvalue weighted by Gasteiger charge is 2.08. The molecule has 90 valence electrons. The summed E-state index contributed by atoms with van der Waals surface area (Å²) < 4.78 is 1.97. The summed E-state index contributed by atoms with van der Waals surface area (Å²) >= 11 is 3.27. The third-order valence-corrected chi connectivity index (χ3v) is 2.75. The molecule has 0 fully saturated rings. The number of nitrogens with two attached hydrogens (primary N) is 1. The zero-order valence-corrected chi connectivity index (χ0v) is 11.1. The molecule has 0 spiro atoms. The highest BCUT2D eigenvalue weighted by atomic mass is 79.9. The van der Waals surface area contributed by atoms with Gasteiger partial charge in [-0.05, 0) is 21.8 Å². The van der Waals surface area contributed by atoms with Gasteiger partial charge < -0.3 is 11.1 Å². The van der Waals surface area contributed by atoms with Gasteiger partial charge in [-0.2, -0.15) is 5.10 Å². The molecule has 0 bridgehead atoms. The predicted octanol–water partition coefficient (Wildman–Crippen LogP) is 1.03. The smallest absolute Gasteiger partial charge is 0.283 e. The van der Waals surface area contributed by atoms with Crippen LogP contribution in [0.2, 0.25) is 0 Å². The molecule has 1 heterocycles. The number of halogens is 1. The van der Waals surface area contributed by atoms with Crippen LogP contribution in [0.5, 0.6) is 0 Å². The third-order valence-electron chi connectivity index (χ3n) is 1.98. The van der Waals surface area contributed by atoms with Gasteiger partial charge in [-0.3, -0.25) is 4.79 Å². The average Bonchev–Trinajstić information content (AvgIpc) is 2.23. The molecular weight excluding hydrogens is 272 g/mol. The van der Waals surface area contributed by atoms with Crippen molar-refractivity contribution in [2.75, 3.05) is 18.4 Å². The van der Waals surface area contributed by atoms with E-state index in [-0.39, 0.29) is 5.56 Å². The van der Waals surface area contributed by atoms with Crippen molar-refractivity contribution in [1.82, 2.24) is 9.78 Å². The Labute approximate surface area is 103 Å². The van der Waals surface area contributed by atoms with Crippen molar-refractivity contribution in [3.63, 3.8) is 0 Å². The first-order valence-corrected chi connectivity index (χ1v) is 6.05. The predicted molar refractivity (Wildman–Crippen MR) is 68.6 cm³/mol. The van der Waals surface area contributed by atoms with Crippen LogP contribution >= 0.6 is 15.9 Å². The first-order valence-electron chi connectivity index (χ1n) is 5.25. The van der Waals surface area contributed by atoms with Crippen molar-refractivity contribution < 1.29 is 0 Å². The van der Waals surface area contributed by atoms with Crippen molar-refractivity contribution in [2.24, 2.45) is 11.7 Å². The molecule has 0 saturated carbocycles. The molecule has 16 heavy (non-hydrogen) atoms. The molecule has 0 aromatic carbocycles. The van der Waals surface area contributed by atoms with E-state index in [4.69, 9.17) is 5.73 Å². The largest absolute Gasteiger partial charge is 0.381 e. The Balaban J connectivity index is 2.94. The number of hydrogen-bond acceptors (Lipinski definition) is 4. The van der Waals surface area contributed by atoms with Crippen molar-refractivity contribution in [3.05, 3.63) is 21.0 Å². The summed E-state index contributed by atoms with van der Waals surface area (Å²) in [6.07, 6.45) is 1.64. The fraction of sp³-hybridized carbons (Fsp3) is 0.600. The minimum atomic E-state index is -0.115. The third kappa shape index (κ3) is 3.31. The van der Waals surface area contributed by atoms with Crippen molar-refractivity contribution in [3.8, 4) is 0 Å². The second-order valence-electron chi connectivity index (χ2n) is 3.97. The summed E-state index contributed by atoms with van der Waals surface area (Å²) in [7, 11) is 0. The van der Waals surface area contributed by atoms with Crippen LogP contribution in [0.4, 0.5) is 5.69 Å². The van der Waals surface area contributed by atoms with Gasteiger partial charge in [0.15, 0.2) is 0 Å². The molecule has 3 N–H and O–H groups in total. The molecule has 1 aromatic heterocycles. The lowest BCUT2D eigenvalue weighted by Gasteiger charge is -2.11. The lowest BCUT2D eigenvalue weighted by atomic mass is 10.2. The van der Waals surface area contributed by atoms with Crippen LogP contribution in [0.3, 0.4) is 0 Å². The molecule has 0 radical (unpaired) electrons. The van der Waals surface area contributed by atoms with Gasteiger partial charge in [-0.15, -0.1) is 0 Å². The fourth-order valence-electron chi connectivity index (χ4n) is 1.27. The Bertz CT molecular complexity index is 402. The topological polar surface area (TPSA) is 72.9 Å². The summed E-state index contributed by atoms with van der Waals surface area (Å²) in [5.74, 6) is 0.389. The van der Waals surface area contributed by atoms with Crippen LogP contribution in [0.15, 0.2) is 15.5 Å². The molecule has 5 nitrogen and oxygen atoms in total. The van der Waals surface area contributed by atoms with Crippen molar-refractivity contribution in [2.45, 2.75) is 20.4 Å². The Morgan fingerprint density at radius 3 is 2.88 bits per heavy atom. The van der Waals surface area contributed by atoms with Crippen molar-refractivity contribution >= 4 is 21.6 Å². The lowest BCUT2D eigenvalue weighted by molar-refractivity contribution is 0.462. The maximum atomic E-state index is 11.9. The van der Waals surface area contributed by atoms with Crippen LogP contribution < -0.4 is 16.6 Å².